The van der Waals surface area contributed by atoms with Crippen LogP contribution in [0.25, 0.3) is 0 Å². The maximum absolute atomic E-state index is 3.89. The fourth-order valence-corrected chi connectivity index (χ4v) is 0.897. The van der Waals surface area contributed by atoms with Crippen molar-refractivity contribution in [1.82, 2.24) is 10.0 Å². The van der Waals surface area contributed by atoms with Gasteiger partial charge in [0.25, 0.3) is 0 Å². The zero-order valence-corrected chi connectivity index (χ0v) is 6.20. The molecular weight excluding hydrogens is 114 g/mol. The molecule has 1 aliphatic heterocycles. The molecular formula is C6H13N3. The Morgan fingerprint density at radius 1 is 1.78 bits per heavy atom. The Morgan fingerprint density at radius 3 is 2.67 bits per heavy atom. The summed E-state index contributed by atoms with van der Waals surface area (Å²) in [5.41, 5.74) is 0. The molecule has 0 spiro atoms. The summed E-state index contributed by atoms with van der Waals surface area (Å²) >= 11 is 0. The molecule has 0 aromatic heterocycles. The predicted octanol–water partition coefficient (Wildman–Crippen LogP) is 0.195. The topological polar surface area (TPSA) is 18.6 Å². The fraction of sp³-hybridized carbons (Fsp3) is 0.833. The molecule has 0 N–H and O–H groups in total. The van der Waals surface area contributed by atoms with Crippen molar-refractivity contribution < 1.29 is 0 Å². The molecule has 0 aromatic rings. The van der Waals surface area contributed by atoms with Crippen molar-refractivity contribution in [1.29, 1.82) is 0 Å². The minimum absolute atomic E-state index is 0.716. The van der Waals surface area contributed by atoms with Crippen LogP contribution in [0.4, 0.5) is 0 Å². The average Bonchev–Trinajstić information content (AvgIpc) is 2.47. The highest BCUT2D eigenvalue weighted by molar-refractivity contribution is 5.53. The summed E-state index contributed by atoms with van der Waals surface area (Å²) < 4.78 is 0. The minimum Gasteiger partial charge on any atom is -0.299 e. The molecule has 3 nitrogen and oxygen atoms in total. The lowest BCUT2D eigenvalue weighted by molar-refractivity contribution is 0.224. The Hall–Kier alpha value is -0.570. The van der Waals surface area contributed by atoms with E-state index in [1.165, 1.54) is 6.54 Å². The molecule has 52 valence electrons. The highest BCUT2D eigenvalue weighted by atomic mass is 15.7. The van der Waals surface area contributed by atoms with Gasteiger partial charge in [0, 0.05) is 26.7 Å². The van der Waals surface area contributed by atoms with Gasteiger partial charge in [0.1, 0.15) is 0 Å². The number of aliphatic imine (C=N–C) groups is 1. The molecule has 3 heteroatoms. The van der Waals surface area contributed by atoms with E-state index in [9.17, 15) is 0 Å². The number of hydrogen-bond acceptors (Lipinski definition) is 2. The van der Waals surface area contributed by atoms with Crippen molar-refractivity contribution in [2.75, 3.05) is 20.6 Å². The van der Waals surface area contributed by atoms with Gasteiger partial charge in [0.2, 0.25) is 0 Å². The van der Waals surface area contributed by atoms with Crippen LogP contribution in [-0.4, -0.2) is 43.0 Å². The molecule has 0 aliphatic carbocycles. The molecule has 1 heterocycles. The van der Waals surface area contributed by atoms with Gasteiger partial charge in [-0.2, -0.15) is 0 Å². The lowest BCUT2D eigenvalue weighted by Gasteiger charge is -2.12. The van der Waals surface area contributed by atoms with E-state index in [4.69, 9.17) is 0 Å². The van der Waals surface area contributed by atoms with E-state index in [0.717, 1.165) is 0 Å². The molecule has 1 saturated heterocycles. The van der Waals surface area contributed by atoms with Gasteiger partial charge in [0.15, 0.2) is 0 Å². The first kappa shape index (κ1) is 6.55. The summed E-state index contributed by atoms with van der Waals surface area (Å²) in [6.07, 6.45) is 1.82. The lowest BCUT2D eigenvalue weighted by Crippen LogP contribution is -2.24. The van der Waals surface area contributed by atoms with Crippen LogP contribution in [0.2, 0.25) is 0 Å². The third kappa shape index (κ3) is 1.42. The second kappa shape index (κ2) is 2.35. The van der Waals surface area contributed by atoms with Gasteiger partial charge in [-0.05, 0) is 6.92 Å². The van der Waals surface area contributed by atoms with Crippen LogP contribution < -0.4 is 0 Å². The van der Waals surface area contributed by atoms with E-state index < -0.39 is 0 Å². The first-order valence-electron chi connectivity index (χ1n) is 3.17. The Kier molecular flexibility index (Phi) is 1.71. The summed E-state index contributed by atoms with van der Waals surface area (Å²) in [6, 6.07) is 0.716. The van der Waals surface area contributed by atoms with Crippen molar-refractivity contribution in [3.63, 3.8) is 0 Å². The van der Waals surface area contributed by atoms with Gasteiger partial charge in [-0.25, -0.2) is 5.01 Å². The molecule has 1 aliphatic rings. The predicted molar refractivity (Wildman–Crippen MR) is 38.3 cm³/mol. The average molecular weight is 127 g/mol. The first-order valence-corrected chi connectivity index (χ1v) is 3.17. The molecule has 0 amide bonds. The fourth-order valence-electron chi connectivity index (χ4n) is 0.897. The zero-order valence-electron chi connectivity index (χ0n) is 6.20. The van der Waals surface area contributed by atoms with E-state index in [1.54, 1.807) is 7.05 Å². The summed E-state index contributed by atoms with van der Waals surface area (Å²) in [4.78, 5) is 3.89. The largest absolute Gasteiger partial charge is 0.299 e. The number of nitrogens with zero attached hydrogens (tertiary/aromatic N) is 3. The van der Waals surface area contributed by atoms with Crippen LogP contribution >= 0.6 is 0 Å². The van der Waals surface area contributed by atoms with Crippen LogP contribution in [0.15, 0.2) is 4.99 Å². The highest BCUT2D eigenvalue weighted by Crippen LogP contribution is 2.16. The smallest absolute Gasteiger partial charge is 0.0988 e. The van der Waals surface area contributed by atoms with Crippen molar-refractivity contribution in [2.45, 2.75) is 13.0 Å². The van der Waals surface area contributed by atoms with Crippen LogP contribution in [0, 0.1) is 0 Å². The van der Waals surface area contributed by atoms with E-state index in [2.05, 4.69) is 16.9 Å². The van der Waals surface area contributed by atoms with Crippen molar-refractivity contribution in [2.24, 2.45) is 4.99 Å². The highest BCUT2D eigenvalue weighted by Gasteiger charge is 2.31. The zero-order chi connectivity index (χ0) is 6.85. The molecule has 0 bridgehead atoms. The van der Waals surface area contributed by atoms with E-state index in [-0.39, 0.29) is 0 Å². The molecule has 2 unspecified atom stereocenters. The second-order valence-electron chi connectivity index (χ2n) is 2.42. The van der Waals surface area contributed by atoms with Crippen LogP contribution in [0.3, 0.4) is 0 Å². The number of hydrogen-bond donors (Lipinski definition) is 0. The van der Waals surface area contributed by atoms with Crippen LogP contribution in [0.5, 0.6) is 0 Å². The van der Waals surface area contributed by atoms with Gasteiger partial charge in [-0.3, -0.25) is 10.0 Å². The first-order chi connectivity index (χ1) is 4.25. The standard InChI is InChI=1S/C6H13N3/c1-6-4-9(6)8(3)5-7-2/h5-6H,4H2,1-3H3. The van der Waals surface area contributed by atoms with Gasteiger partial charge in [0.05, 0.1) is 6.34 Å². The van der Waals surface area contributed by atoms with Crippen LogP contribution in [-0.2, 0) is 0 Å². The minimum atomic E-state index is 0.716. The Bertz CT molecular complexity index is 121. The molecule has 9 heavy (non-hydrogen) atoms. The van der Waals surface area contributed by atoms with Crippen molar-refractivity contribution in [3.05, 3.63) is 0 Å². The molecule has 0 aromatic carbocycles. The monoisotopic (exact) mass is 127 g/mol. The van der Waals surface area contributed by atoms with Crippen molar-refractivity contribution in [3.8, 4) is 0 Å². The second-order valence-corrected chi connectivity index (χ2v) is 2.42. The summed E-state index contributed by atoms with van der Waals surface area (Å²) in [5, 5.41) is 4.25. The maximum atomic E-state index is 3.89. The van der Waals surface area contributed by atoms with E-state index in [1.807, 2.05) is 18.4 Å². The molecule has 0 radical (unpaired) electrons. The molecule has 1 fully saturated rings. The van der Waals surface area contributed by atoms with Gasteiger partial charge in [-0.15, -0.1) is 0 Å². The van der Waals surface area contributed by atoms with Crippen LogP contribution in [0.1, 0.15) is 6.92 Å². The summed E-state index contributed by atoms with van der Waals surface area (Å²) in [5.74, 6) is 0. The maximum Gasteiger partial charge on any atom is 0.0988 e. The third-order valence-electron chi connectivity index (χ3n) is 1.51. The van der Waals surface area contributed by atoms with Gasteiger partial charge >= 0.3 is 0 Å². The Balaban J connectivity index is 2.27. The Labute approximate surface area is 55.9 Å². The van der Waals surface area contributed by atoms with E-state index >= 15 is 0 Å². The molecule has 0 saturated carbocycles. The normalized spacial score (nSPS) is 33.2. The molecule has 1 rings (SSSR count). The van der Waals surface area contributed by atoms with Gasteiger partial charge < -0.3 is 0 Å². The lowest BCUT2D eigenvalue weighted by atomic mass is 10.6. The number of hydrazine groups is 1. The number of rotatable bonds is 2. The van der Waals surface area contributed by atoms with Crippen molar-refractivity contribution >= 4 is 6.34 Å². The van der Waals surface area contributed by atoms with Gasteiger partial charge in [-0.1, -0.05) is 0 Å². The molecule has 2 atom stereocenters. The summed E-state index contributed by atoms with van der Waals surface area (Å²) in [7, 11) is 3.79. The quantitative estimate of drug-likeness (QED) is 0.299. The van der Waals surface area contributed by atoms with E-state index in [0.29, 0.717) is 6.04 Å². The third-order valence-corrected chi connectivity index (χ3v) is 1.51. The SMILES string of the molecule is CN=CN(C)N1CC1C. The Morgan fingerprint density at radius 2 is 2.33 bits per heavy atom. The summed E-state index contributed by atoms with van der Waals surface area (Å²) in [6.45, 7) is 3.36.